The van der Waals surface area contributed by atoms with Gasteiger partial charge in [-0.1, -0.05) is 23.7 Å². The van der Waals surface area contributed by atoms with E-state index in [0.29, 0.717) is 10.7 Å². The predicted molar refractivity (Wildman–Crippen MR) is 79.6 cm³/mol. The minimum absolute atomic E-state index is 0.123. The van der Waals surface area contributed by atoms with Crippen LogP contribution in [0.2, 0.25) is 5.02 Å². The summed E-state index contributed by atoms with van der Waals surface area (Å²) in [7, 11) is 3.45. The molecule has 2 N–H and O–H groups in total. The molecule has 0 aliphatic rings. The second-order valence-electron chi connectivity index (χ2n) is 4.75. The average Bonchev–Trinajstić information content (AvgIpc) is 2.75. The molecule has 1 atom stereocenters. The first kappa shape index (κ1) is 14.4. The van der Waals surface area contributed by atoms with Crippen LogP contribution < -0.4 is 5.73 Å². The van der Waals surface area contributed by atoms with Crippen LogP contribution in [0.25, 0.3) is 0 Å². The lowest BCUT2D eigenvalue weighted by Crippen LogP contribution is -2.30. The van der Waals surface area contributed by atoms with Crippen molar-refractivity contribution in [1.29, 1.82) is 0 Å². The van der Waals surface area contributed by atoms with Gasteiger partial charge >= 0.3 is 0 Å². The second-order valence-corrected chi connectivity index (χ2v) is 5.19. The van der Waals surface area contributed by atoms with Gasteiger partial charge in [-0.2, -0.15) is 5.10 Å². The Kier molecular flexibility index (Phi) is 3.99. The molecule has 1 amide bonds. The standard InChI is InChI=1S/C14H17ClN4O/c1-9(10-5-4-6-11(15)7-10)19(3)14(20)13-12(16)8-18(2)17-13/h4-9H,16H2,1-3H3. The highest BCUT2D eigenvalue weighted by Crippen LogP contribution is 2.24. The van der Waals surface area contributed by atoms with Crippen molar-refractivity contribution in [3.8, 4) is 0 Å². The Balaban J connectivity index is 2.24. The van der Waals surface area contributed by atoms with Gasteiger partial charge in [-0.05, 0) is 24.6 Å². The van der Waals surface area contributed by atoms with Gasteiger partial charge in [-0.15, -0.1) is 0 Å². The molecule has 1 aromatic heterocycles. The molecule has 1 heterocycles. The number of carbonyl (C=O) groups excluding carboxylic acids is 1. The third-order valence-corrected chi connectivity index (χ3v) is 3.53. The van der Waals surface area contributed by atoms with Crippen molar-refractivity contribution in [2.24, 2.45) is 7.05 Å². The lowest BCUT2D eigenvalue weighted by Gasteiger charge is -2.25. The largest absolute Gasteiger partial charge is 0.396 e. The fourth-order valence-corrected chi connectivity index (χ4v) is 2.20. The van der Waals surface area contributed by atoms with E-state index >= 15 is 0 Å². The van der Waals surface area contributed by atoms with Crippen LogP contribution in [0.3, 0.4) is 0 Å². The highest BCUT2D eigenvalue weighted by atomic mass is 35.5. The zero-order valence-electron chi connectivity index (χ0n) is 11.7. The quantitative estimate of drug-likeness (QED) is 0.945. The summed E-state index contributed by atoms with van der Waals surface area (Å²) in [5, 5.41) is 4.75. The molecule has 0 spiro atoms. The first-order valence-corrected chi connectivity index (χ1v) is 6.59. The Morgan fingerprint density at radius 3 is 2.75 bits per heavy atom. The molecule has 1 unspecified atom stereocenters. The number of hydrogen-bond acceptors (Lipinski definition) is 3. The number of nitrogens with zero attached hydrogens (tertiary/aromatic N) is 3. The number of anilines is 1. The molecular weight excluding hydrogens is 276 g/mol. The van der Waals surface area contributed by atoms with Crippen molar-refractivity contribution in [2.45, 2.75) is 13.0 Å². The highest BCUT2D eigenvalue weighted by molar-refractivity contribution is 6.30. The van der Waals surface area contributed by atoms with E-state index in [9.17, 15) is 4.79 Å². The molecule has 0 fully saturated rings. The second kappa shape index (κ2) is 5.54. The van der Waals surface area contributed by atoms with E-state index in [-0.39, 0.29) is 17.6 Å². The maximum atomic E-state index is 12.4. The third-order valence-electron chi connectivity index (χ3n) is 3.29. The first-order valence-electron chi connectivity index (χ1n) is 6.22. The van der Waals surface area contributed by atoms with Crippen molar-refractivity contribution in [1.82, 2.24) is 14.7 Å². The molecule has 0 aliphatic carbocycles. The van der Waals surface area contributed by atoms with Crippen LogP contribution in [-0.4, -0.2) is 27.6 Å². The molecule has 0 saturated carbocycles. The van der Waals surface area contributed by atoms with Gasteiger partial charge in [0.1, 0.15) is 0 Å². The Morgan fingerprint density at radius 1 is 1.50 bits per heavy atom. The first-order chi connectivity index (χ1) is 9.40. The van der Waals surface area contributed by atoms with Gasteiger partial charge in [0.2, 0.25) is 0 Å². The minimum Gasteiger partial charge on any atom is -0.396 e. The van der Waals surface area contributed by atoms with Crippen molar-refractivity contribution < 1.29 is 4.79 Å². The number of rotatable bonds is 3. The van der Waals surface area contributed by atoms with Crippen LogP contribution in [-0.2, 0) is 7.05 Å². The van der Waals surface area contributed by atoms with Crippen LogP contribution in [0.5, 0.6) is 0 Å². The van der Waals surface area contributed by atoms with Gasteiger partial charge in [0.05, 0.1) is 11.7 Å². The van der Waals surface area contributed by atoms with Crippen molar-refractivity contribution in [3.63, 3.8) is 0 Å². The Morgan fingerprint density at radius 2 is 2.20 bits per heavy atom. The Bertz CT molecular complexity index is 638. The molecule has 5 nitrogen and oxygen atoms in total. The van der Waals surface area contributed by atoms with E-state index in [4.69, 9.17) is 17.3 Å². The molecule has 0 aliphatic heterocycles. The smallest absolute Gasteiger partial charge is 0.276 e. The molecule has 1 aromatic carbocycles. The summed E-state index contributed by atoms with van der Waals surface area (Å²) in [6.07, 6.45) is 1.62. The third kappa shape index (κ3) is 2.77. The molecule has 2 aromatic rings. The van der Waals surface area contributed by atoms with Gasteiger partial charge < -0.3 is 10.6 Å². The lowest BCUT2D eigenvalue weighted by molar-refractivity contribution is 0.0737. The molecule has 0 saturated heterocycles. The molecule has 0 radical (unpaired) electrons. The van der Waals surface area contributed by atoms with E-state index < -0.39 is 0 Å². The van der Waals surface area contributed by atoms with Gasteiger partial charge in [0.15, 0.2) is 5.69 Å². The Labute approximate surface area is 122 Å². The number of aromatic nitrogens is 2. The van der Waals surface area contributed by atoms with Crippen molar-refractivity contribution >= 4 is 23.2 Å². The molecule has 2 rings (SSSR count). The lowest BCUT2D eigenvalue weighted by atomic mass is 10.1. The maximum Gasteiger partial charge on any atom is 0.276 e. The highest BCUT2D eigenvalue weighted by Gasteiger charge is 2.23. The monoisotopic (exact) mass is 292 g/mol. The fraction of sp³-hybridized carbons (Fsp3) is 0.286. The van der Waals surface area contributed by atoms with Gasteiger partial charge in [0, 0.05) is 25.3 Å². The number of carbonyl (C=O) groups is 1. The summed E-state index contributed by atoms with van der Waals surface area (Å²) in [6, 6.07) is 7.32. The van der Waals surface area contributed by atoms with Crippen LogP contribution in [0, 0.1) is 0 Å². The van der Waals surface area contributed by atoms with Gasteiger partial charge in [-0.25, -0.2) is 0 Å². The number of aryl methyl sites for hydroxylation is 1. The van der Waals surface area contributed by atoms with E-state index in [1.165, 1.54) is 4.68 Å². The molecule has 106 valence electrons. The summed E-state index contributed by atoms with van der Waals surface area (Å²) >= 11 is 5.98. The number of amides is 1. The van der Waals surface area contributed by atoms with Crippen LogP contribution in [0.1, 0.15) is 29.0 Å². The Hall–Kier alpha value is -2.01. The summed E-state index contributed by atoms with van der Waals surface area (Å²) in [5.74, 6) is -0.212. The number of hydrogen-bond donors (Lipinski definition) is 1. The zero-order valence-corrected chi connectivity index (χ0v) is 12.4. The summed E-state index contributed by atoms with van der Waals surface area (Å²) in [4.78, 5) is 14.0. The molecular formula is C14H17ClN4O. The van der Waals surface area contributed by atoms with Gasteiger partial charge in [-0.3, -0.25) is 9.48 Å². The SMILES string of the molecule is CC(c1cccc(Cl)c1)N(C)C(=O)c1nn(C)cc1N. The molecule has 6 heteroatoms. The van der Waals surface area contributed by atoms with Crippen LogP contribution in [0.15, 0.2) is 30.5 Å². The number of benzene rings is 1. The van der Waals surface area contributed by atoms with E-state index in [0.717, 1.165) is 5.56 Å². The molecule has 20 heavy (non-hydrogen) atoms. The topological polar surface area (TPSA) is 64.2 Å². The van der Waals surface area contributed by atoms with E-state index in [1.807, 2.05) is 25.1 Å². The normalized spacial score (nSPS) is 12.2. The predicted octanol–water partition coefficient (Wildman–Crippen LogP) is 2.49. The van der Waals surface area contributed by atoms with E-state index in [1.54, 1.807) is 31.3 Å². The fourth-order valence-electron chi connectivity index (χ4n) is 2.01. The summed E-state index contributed by atoms with van der Waals surface area (Å²) in [6.45, 7) is 1.93. The van der Waals surface area contributed by atoms with E-state index in [2.05, 4.69) is 5.10 Å². The van der Waals surface area contributed by atoms with Crippen LogP contribution >= 0.6 is 11.6 Å². The minimum atomic E-state index is -0.212. The number of nitrogen functional groups attached to an aromatic ring is 1. The van der Waals surface area contributed by atoms with Gasteiger partial charge in [0.25, 0.3) is 5.91 Å². The van der Waals surface area contributed by atoms with Crippen LogP contribution in [0.4, 0.5) is 5.69 Å². The average molecular weight is 293 g/mol. The van der Waals surface area contributed by atoms with Crippen molar-refractivity contribution in [2.75, 3.05) is 12.8 Å². The van der Waals surface area contributed by atoms with Crippen molar-refractivity contribution in [3.05, 3.63) is 46.7 Å². The summed E-state index contributed by atoms with van der Waals surface area (Å²) < 4.78 is 1.53. The number of nitrogens with two attached hydrogens (primary N) is 1. The molecule has 0 bridgehead atoms. The maximum absolute atomic E-state index is 12.4. The summed E-state index contributed by atoms with van der Waals surface area (Å²) in [5.41, 5.74) is 7.40. The number of halogens is 1. The zero-order chi connectivity index (χ0) is 14.9.